The van der Waals surface area contributed by atoms with E-state index in [9.17, 15) is 19.7 Å². The van der Waals surface area contributed by atoms with Crippen molar-refractivity contribution in [2.24, 2.45) is 0 Å². The zero-order valence-electron chi connectivity index (χ0n) is 8.81. The lowest BCUT2D eigenvalue weighted by Crippen LogP contribution is -2.08. The second-order valence-corrected chi connectivity index (χ2v) is 3.60. The van der Waals surface area contributed by atoms with E-state index in [1.165, 1.54) is 7.11 Å². The molecule has 0 saturated heterocycles. The molecule has 0 N–H and O–H groups in total. The Bertz CT molecular complexity index is 486. The third-order valence-electron chi connectivity index (χ3n) is 2.08. The summed E-state index contributed by atoms with van der Waals surface area (Å²) in [6, 6.07) is 2.16. The summed E-state index contributed by atoms with van der Waals surface area (Å²) < 4.78 is 4.90. The summed E-state index contributed by atoms with van der Waals surface area (Å²) in [5.41, 5.74) is -0.305. The fourth-order valence-electron chi connectivity index (χ4n) is 1.35. The largest absolute Gasteiger partial charge is 0.496 e. The molecule has 0 unspecified atom stereocenters. The number of Topliss-reactive ketones (excluding diaryl/α,β-unsaturated/α-hetero) is 1. The van der Waals surface area contributed by atoms with Gasteiger partial charge in [-0.1, -0.05) is 15.9 Å². The Labute approximate surface area is 105 Å². The summed E-state index contributed by atoms with van der Waals surface area (Å²) in [6.45, 7) is 0. The van der Waals surface area contributed by atoms with Crippen molar-refractivity contribution in [3.8, 4) is 5.75 Å². The summed E-state index contributed by atoms with van der Waals surface area (Å²) in [4.78, 5) is 32.4. The van der Waals surface area contributed by atoms with Gasteiger partial charge in [-0.05, 0) is 0 Å². The number of ether oxygens (including phenoxy) is 1. The Morgan fingerprint density at radius 2 is 2.24 bits per heavy atom. The Kier molecular flexibility index (Phi) is 4.33. The standard InChI is InChI=1S/C10H8BrNO5/c1-17-9-3-7(12(15)16)2-6(5-13)10(9)8(14)4-11/h2-3,5H,4H2,1H3. The van der Waals surface area contributed by atoms with Gasteiger partial charge < -0.3 is 4.74 Å². The number of rotatable bonds is 5. The molecular formula is C10H8BrNO5. The van der Waals surface area contributed by atoms with Gasteiger partial charge in [-0.3, -0.25) is 19.7 Å². The van der Waals surface area contributed by atoms with Gasteiger partial charge in [-0.15, -0.1) is 0 Å². The van der Waals surface area contributed by atoms with Gasteiger partial charge in [-0.25, -0.2) is 0 Å². The van der Waals surface area contributed by atoms with Gasteiger partial charge >= 0.3 is 0 Å². The van der Waals surface area contributed by atoms with Gasteiger partial charge in [0.15, 0.2) is 12.1 Å². The fraction of sp³-hybridized carbons (Fsp3) is 0.200. The molecular weight excluding hydrogens is 294 g/mol. The van der Waals surface area contributed by atoms with Crippen molar-refractivity contribution in [3.63, 3.8) is 0 Å². The van der Waals surface area contributed by atoms with Crippen molar-refractivity contribution in [1.29, 1.82) is 0 Å². The molecule has 0 spiro atoms. The first-order chi connectivity index (χ1) is 8.04. The van der Waals surface area contributed by atoms with Crippen LogP contribution in [0, 0.1) is 10.1 Å². The Morgan fingerprint density at radius 3 is 2.65 bits per heavy atom. The predicted octanol–water partition coefficient (Wildman–Crippen LogP) is 1.99. The molecule has 6 nitrogen and oxygen atoms in total. The number of benzene rings is 1. The highest BCUT2D eigenvalue weighted by Crippen LogP contribution is 2.28. The number of nitro benzene ring substituents is 1. The van der Waals surface area contributed by atoms with Crippen LogP contribution in [0.5, 0.6) is 5.75 Å². The van der Waals surface area contributed by atoms with E-state index in [1.54, 1.807) is 0 Å². The van der Waals surface area contributed by atoms with Crippen LogP contribution in [0.15, 0.2) is 12.1 Å². The maximum Gasteiger partial charge on any atom is 0.273 e. The van der Waals surface area contributed by atoms with Gasteiger partial charge in [0, 0.05) is 11.6 Å². The van der Waals surface area contributed by atoms with Crippen LogP contribution in [0.25, 0.3) is 0 Å². The third kappa shape index (κ3) is 2.68. The van der Waals surface area contributed by atoms with Gasteiger partial charge in [0.05, 0.1) is 29.0 Å². The summed E-state index contributed by atoms with van der Waals surface area (Å²) in [6.07, 6.45) is 0.394. The average Bonchev–Trinajstić information content (AvgIpc) is 2.35. The quantitative estimate of drug-likeness (QED) is 0.273. The molecule has 0 fully saturated rings. The van der Waals surface area contributed by atoms with E-state index in [0.717, 1.165) is 12.1 Å². The van der Waals surface area contributed by atoms with Crippen molar-refractivity contribution in [1.82, 2.24) is 0 Å². The molecule has 1 rings (SSSR count). The first-order valence-electron chi connectivity index (χ1n) is 4.46. The van der Waals surface area contributed by atoms with Crippen molar-refractivity contribution in [2.75, 3.05) is 12.4 Å². The summed E-state index contributed by atoms with van der Waals surface area (Å²) in [7, 11) is 1.28. The van der Waals surface area contributed by atoms with Crippen LogP contribution in [0.2, 0.25) is 0 Å². The number of carbonyl (C=O) groups excluding carboxylic acids is 2. The SMILES string of the molecule is COc1cc([N+](=O)[O-])cc(C=O)c1C(=O)CBr. The summed E-state index contributed by atoms with van der Waals surface area (Å²) >= 11 is 2.97. The van der Waals surface area contributed by atoms with E-state index in [2.05, 4.69) is 15.9 Å². The molecule has 0 aliphatic rings. The number of ketones is 1. The minimum absolute atomic E-state index is 0.00199. The highest BCUT2D eigenvalue weighted by Gasteiger charge is 2.21. The van der Waals surface area contributed by atoms with E-state index in [-0.39, 0.29) is 33.7 Å². The fourth-order valence-corrected chi connectivity index (χ4v) is 1.63. The third-order valence-corrected chi connectivity index (χ3v) is 2.58. The molecule has 17 heavy (non-hydrogen) atoms. The molecule has 0 radical (unpaired) electrons. The second-order valence-electron chi connectivity index (χ2n) is 3.04. The van der Waals surface area contributed by atoms with Crippen LogP contribution < -0.4 is 4.74 Å². The zero-order valence-corrected chi connectivity index (χ0v) is 10.4. The maximum atomic E-state index is 11.6. The van der Waals surface area contributed by atoms with Crippen LogP contribution in [0.1, 0.15) is 20.7 Å². The lowest BCUT2D eigenvalue weighted by molar-refractivity contribution is -0.384. The molecule has 1 aromatic carbocycles. The molecule has 90 valence electrons. The number of aldehydes is 1. The second kappa shape index (κ2) is 5.53. The Morgan fingerprint density at radius 1 is 1.59 bits per heavy atom. The topological polar surface area (TPSA) is 86.5 Å². The molecule has 0 aromatic heterocycles. The first kappa shape index (κ1) is 13.3. The summed E-state index contributed by atoms with van der Waals surface area (Å²) in [5.74, 6) is -0.357. The van der Waals surface area contributed by atoms with Crippen LogP contribution in [-0.2, 0) is 0 Å². The van der Waals surface area contributed by atoms with Crippen LogP contribution in [-0.4, -0.2) is 29.4 Å². The minimum atomic E-state index is -0.655. The van der Waals surface area contributed by atoms with E-state index in [4.69, 9.17) is 4.74 Å². The van der Waals surface area contributed by atoms with Gasteiger partial charge in [0.2, 0.25) is 0 Å². The van der Waals surface area contributed by atoms with Crippen molar-refractivity contribution >= 4 is 33.7 Å². The Hall–Kier alpha value is -1.76. The van der Waals surface area contributed by atoms with E-state index in [0.29, 0.717) is 6.29 Å². The number of nitrogens with zero attached hydrogens (tertiary/aromatic N) is 1. The molecule has 0 aliphatic heterocycles. The number of halogens is 1. The number of non-ortho nitro benzene ring substituents is 1. The van der Waals surface area contributed by atoms with Crippen molar-refractivity contribution in [2.45, 2.75) is 0 Å². The number of carbonyl (C=O) groups is 2. The van der Waals surface area contributed by atoms with E-state index in [1.807, 2.05) is 0 Å². The lowest BCUT2D eigenvalue weighted by atomic mass is 10.0. The normalized spacial score (nSPS) is 9.76. The first-order valence-corrected chi connectivity index (χ1v) is 5.58. The lowest BCUT2D eigenvalue weighted by Gasteiger charge is -2.08. The molecule has 7 heteroatoms. The molecule has 0 amide bonds. The van der Waals surface area contributed by atoms with Gasteiger partial charge in [-0.2, -0.15) is 0 Å². The number of nitro groups is 1. The zero-order chi connectivity index (χ0) is 13.0. The van der Waals surface area contributed by atoms with Crippen molar-refractivity contribution < 1.29 is 19.2 Å². The monoisotopic (exact) mass is 301 g/mol. The van der Waals surface area contributed by atoms with E-state index >= 15 is 0 Å². The van der Waals surface area contributed by atoms with Gasteiger partial charge in [0.25, 0.3) is 5.69 Å². The smallest absolute Gasteiger partial charge is 0.273 e. The molecule has 0 bridgehead atoms. The summed E-state index contributed by atoms with van der Waals surface area (Å²) in [5, 5.41) is 10.6. The van der Waals surface area contributed by atoms with Crippen LogP contribution in [0.4, 0.5) is 5.69 Å². The van der Waals surface area contributed by atoms with E-state index < -0.39 is 4.92 Å². The predicted molar refractivity (Wildman–Crippen MR) is 63.2 cm³/mol. The minimum Gasteiger partial charge on any atom is -0.496 e. The van der Waals surface area contributed by atoms with Crippen molar-refractivity contribution in [3.05, 3.63) is 33.4 Å². The molecule has 0 heterocycles. The number of alkyl halides is 1. The number of hydrogen-bond acceptors (Lipinski definition) is 5. The molecule has 0 atom stereocenters. The average molecular weight is 302 g/mol. The van der Waals surface area contributed by atoms with Crippen LogP contribution >= 0.6 is 15.9 Å². The van der Waals surface area contributed by atoms with Crippen LogP contribution in [0.3, 0.4) is 0 Å². The molecule has 0 saturated carbocycles. The number of hydrogen-bond donors (Lipinski definition) is 0. The molecule has 0 aliphatic carbocycles. The maximum absolute atomic E-state index is 11.6. The highest BCUT2D eigenvalue weighted by atomic mass is 79.9. The molecule has 1 aromatic rings. The van der Waals surface area contributed by atoms with Gasteiger partial charge in [0.1, 0.15) is 5.75 Å². The number of methoxy groups -OCH3 is 1. The Balaban J connectivity index is 3.52. The highest BCUT2D eigenvalue weighted by molar-refractivity contribution is 9.09.